The van der Waals surface area contributed by atoms with Crippen molar-refractivity contribution in [1.82, 2.24) is 0 Å². The Hall–Kier alpha value is -5.88. The summed E-state index contributed by atoms with van der Waals surface area (Å²) in [6.45, 7) is -0.468. The van der Waals surface area contributed by atoms with Crippen molar-refractivity contribution in [3.05, 3.63) is 107 Å². The van der Waals surface area contributed by atoms with Crippen molar-refractivity contribution in [2.24, 2.45) is 0 Å². The summed E-state index contributed by atoms with van der Waals surface area (Å²) in [6.07, 6.45) is 0.678. The lowest BCUT2D eigenvalue weighted by Gasteiger charge is -2.26. The van der Waals surface area contributed by atoms with Crippen molar-refractivity contribution in [2.45, 2.75) is 12.2 Å². The third-order valence-electron chi connectivity index (χ3n) is 6.86. The molecule has 47 heavy (non-hydrogen) atoms. The minimum Gasteiger partial charge on any atom is -0.508 e. The predicted molar refractivity (Wildman–Crippen MR) is 169 cm³/mol. The van der Waals surface area contributed by atoms with Crippen LogP contribution in [0.15, 0.2) is 84.9 Å². The molecule has 0 saturated carbocycles. The van der Waals surface area contributed by atoms with Gasteiger partial charge < -0.3 is 48.8 Å². The number of aromatic hydroxyl groups is 3. The Balaban J connectivity index is 1.56. The van der Waals surface area contributed by atoms with Gasteiger partial charge in [-0.15, -0.1) is 0 Å². The zero-order chi connectivity index (χ0) is 33.9. The second-order valence-electron chi connectivity index (χ2n) is 9.98. The van der Waals surface area contributed by atoms with E-state index in [1.807, 2.05) is 0 Å². The van der Waals surface area contributed by atoms with Crippen LogP contribution in [0, 0.1) is 0 Å². The minimum absolute atomic E-state index is 0.0213. The molecule has 246 valence electrons. The first-order valence-corrected chi connectivity index (χ1v) is 14.2. The average molecular weight is 647 g/mol. The fourth-order valence-corrected chi connectivity index (χ4v) is 4.37. The van der Waals surface area contributed by atoms with Crippen LogP contribution in [0.4, 0.5) is 0 Å². The maximum atomic E-state index is 12.8. The molecule has 0 heterocycles. The van der Waals surface area contributed by atoms with E-state index in [-0.39, 0.29) is 58.0 Å². The number of aliphatic hydroxyl groups excluding tert-OH is 1. The van der Waals surface area contributed by atoms with Gasteiger partial charge in [0.05, 0.1) is 32.5 Å². The van der Waals surface area contributed by atoms with E-state index in [1.165, 1.54) is 88.1 Å². The standard InChI is InChI=1S/C35H34O12/c1-42-28-19-24(10-15-27(28)38)32(39)31(20-46-35(41)23-8-13-26(37)14-9-23)47-33-29(43-2)17-21(18-30(33)44-3)5-4-16-45-34(40)22-6-11-25(36)12-7-22/h4-15,17-19,31-32,36-39H,16,20H2,1-3H3. The molecule has 0 aliphatic rings. The van der Waals surface area contributed by atoms with Gasteiger partial charge in [0.15, 0.2) is 29.1 Å². The number of phenolic OH excluding ortho intramolecular Hbond substituents is 3. The van der Waals surface area contributed by atoms with E-state index >= 15 is 0 Å². The fourth-order valence-electron chi connectivity index (χ4n) is 4.37. The van der Waals surface area contributed by atoms with Gasteiger partial charge in [0, 0.05) is 0 Å². The van der Waals surface area contributed by atoms with E-state index < -0.39 is 30.8 Å². The largest absolute Gasteiger partial charge is 0.508 e. The molecule has 12 heteroatoms. The summed E-state index contributed by atoms with van der Waals surface area (Å²) >= 11 is 0. The number of benzene rings is 4. The second kappa shape index (κ2) is 15.9. The molecule has 0 amide bonds. The van der Waals surface area contributed by atoms with Gasteiger partial charge in [-0.05, 0) is 90.0 Å². The molecule has 0 radical (unpaired) electrons. The van der Waals surface area contributed by atoms with Gasteiger partial charge in [0.1, 0.15) is 30.8 Å². The van der Waals surface area contributed by atoms with Crippen molar-refractivity contribution in [3.8, 4) is 40.2 Å². The highest BCUT2D eigenvalue weighted by Gasteiger charge is 2.29. The van der Waals surface area contributed by atoms with Crippen molar-refractivity contribution < 1.29 is 58.4 Å². The third kappa shape index (κ3) is 8.86. The Labute approximate surface area is 270 Å². The molecule has 0 spiro atoms. The number of ether oxygens (including phenoxy) is 6. The molecule has 4 N–H and O–H groups in total. The molecule has 4 aromatic rings. The zero-order valence-corrected chi connectivity index (χ0v) is 25.8. The van der Waals surface area contributed by atoms with Gasteiger partial charge >= 0.3 is 11.9 Å². The predicted octanol–water partition coefficient (Wildman–Crippen LogP) is 5.04. The molecular formula is C35H34O12. The summed E-state index contributed by atoms with van der Waals surface area (Å²) in [5.41, 5.74) is 1.36. The molecule has 0 fully saturated rings. The van der Waals surface area contributed by atoms with Crippen molar-refractivity contribution in [1.29, 1.82) is 0 Å². The van der Waals surface area contributed by atoms with Crippen LogP contribution in [0.5, 0.6) is 40.2 Å². The molecule has 4 rings (SSSR count). The first kappa shape index (κ1) is 34.0. The van der Waals surface area contributed by atoms with Crippen molar-refractivity contribution in [3.63, 3.8) is 0 Å². The van der Waals surface area contributed by atoms with Crippen LogP contribution >= 0.6 is 0 Å². The average Bonchev–Trinajstić information content (AvgIpc) is 3.08. The van der Waals surface area contributed by atoms with Gasteiger partial charge in [-0.2, -0.15) is 0 Å². The van der Waals surface area contributed by atoms with Crippen LogP contribution in [-0.4, -0.2) is 73.0 Å². The number of carbonyl (C=O) groups excluding carboxylic acids is 2. The van der Waals surface area contributed by atoms with Gasteiger partial charge in [-0.1, -0.05) is 12.1 Å². The highest BCUT2D eigenvalue weighted by molar-refractivity contribution is 5.90. The monoisotopic (exact) mass is 646 g/mol. The van der Waals surface area contributed by atoms with Crippen LogP contribution in [0.3, 0.4) is 0 Å². The van der Waals surface area contributed by atoms with Gasteiger partial charge in [0.25, 0.3) is 0 Å². The number of methoxy groups -OCH3 is 3. The summed E-state index contributed by atoms with van der Waals surface area (Å²) in [6, 6.07) is 18.6. The van der Waals surface area contributed by atoms with Crippen LogP contribution < -0.4 is 18.9 Å². The Morgan fingerprint density at radius 3 is 1.77 bits per heavy atom. The highest BCUT2D eigenvalue weighted by atomic mass is 16.6. The summed E-state index contributed by atoms with van der Waals surface area (Å²) < 4.78 is 33.3. The van der Waals surface area contributed by atoms with Crippen LogP contribution in [0.1, 0.15) is 37.9 Å². The van der Waals surface area contributed by atoms with Gasteiger partial charge in [0.2, 0.25) is 5.75 Å². The van der Waals surface area contributed by atoms with Crippen molar-refractivity contribution in [2.75, 3.05) is 34.5 Å². The number of hydrogen-bond donors (Lipinski definition) is 4. The summed E-state index contributed by atoms with van der Waals surface area (Å²) in [7, 11) is 4.19. The summed E-state index contributed by atoms with van der Waals surface area (Å²) in [5.74, 6) is -0.758. The Kier molecular flexibility index (Phi) is 11.5. The molecule has 4 aromatic carbocycles. The molecule has 0 bridgehead atoms. The SMILES string of the molecule is COc1cc(C(O)C(COC(=O)c2ccc(O)cc2)Oc2c(OC)cc(C=CCOC(=O)c3ccc(O)cc3)cc2OC)ccc1O. The Morgan fingerprint density at radius 1 is 0.702 bits per heavy atom. The Morgan fingerprint density at radius 2 is 1.23 bits per heavy atom. The third-order valence-corrected chi connectivity index (χ3v) is 6.86. The lowest BCUT2D eigenvalue weighted by Crippen LogP contribution is -2.32. The van der Waals surface area contributed by atoms with E-state index in [4.69, 9.17) is 28.4 Å². The molecule has 0 aliphatic carbocycles. The van der Waals surface area contributed by atoms with Gasteiger partial charge in [-0.25, -0.2) is 9.59 Å². The van der Waals surface area contributed by atoms with E-state index in [0.717, 1.165) is 0 Å². The molecule has 0 aromatic heterocycles. The Bertz CT molecular complexity index is 1670. The second-order valence-corrected chi connectivity index (χ2v) is 9.98. The number of esters is 2. The first-order chi connectivity index (χ1) is 22.6. The normalized spacial score (nSPS) is 12.2. The maximum Gasteiger partial charge on any atom is 0.338 e. The number of rotatable bonds is 14. The van der Waals surface area contributed by atoms with E-state index in [1.54, 1.807) is 24.3 Å². The molecule has 2 atom stereocenters. The van der Waals surface area contributed by atoms with Gasteiger partial charge in [-0.3, -0.25) is 0 Å². The molecule has 12 nitrogen and oxygen atoms in total. The van der Waals surface area contributed by atoms with Crippen molar-refractivity contribution >= 4 is 18.0 Å². The molecule has 2 unspecified atom stereocenters. The first-order valence-electron chi connectivity index (χ1n) is 14.2. The molecular weight excluding hydrogens is 612 g/mol. The molecule has 0 aliphatic heterocycles. The van der Waals surface area contributed by atoms with Crippen LogP contribution in [-0.2, 0) is 9.47 Å². The lowest BCUT2D eigenvalue weighted by atomic mass is 10.0. The smallest absolute Gasteiger partial charge is 0.338 e. The van der Waals surface area contributed by atoms with E-state index in [0.29, 0.717) is 11.1 Å². The van der Waals surface area contributed by atoms with Crippen LogP contribution in [0.2, 0.25) is 0 Å². The van der Waals surface area contributed by atoms with Crippen LogP contribution in [0.25, 0.3) is 6.08 Å². The fraction of sp³-hybridized carbons (Fsp3) is 0.200. The molecule has 0 saturated heterocycles. The maximum absolute atomic E-state index is 12.8. The summed E-state index contributed by atoms with van der Waals surface area (Å²) in [4.78, 5) is 25.0. The lowest BCUT2D eigenvalue weighted by molar-refractivity contribution is -0.0175. The highest BCUT2D eigenvalue weighted by Crippen LogP contribution is 2.41. The topological polar surface area (TPSA) is 170 Å². The number of carbonyl (C=O) groups is 2. The van der Waals surface area contributed by atoms with E-state index in [2.05, 4.69) is 0 Å². The number of phenols is 3. The number of aliphatic hydroxyl groups is 1. The summed E-state index contributed by atoms with van der Waals surface area (Å²) in [5, 5.41) is 40.4. The quantitative estimate of drug-likeness (QED) is 0.135. The zero-order valence-electron chi connectivity index (χ0n) is 25.8. The van der Waals surface area contributed by atoms with E-state index in [9.17, 15) is 30.0 Å². The number of hydrogen-bond acceptors (Lipinski definition) is 12. The minimum atomic E-state index is -1.39.